The lowest BCUT2D eigenvalue weighted by molar-refractivity contribution is -0.258. The highest BCUT2D eigenvalue weighted by atomic mass is 16.5. The number of aliphatic hydroxyl groups is 2. The first-order valence-electron chi connectivity index (χ1n) is 10.6. The predicted molar refractivity (Wildman–Crippen MR) is 101 cm³/mol. The van der Waals surface area contributed by atoms with Crippen LogP contribution in [0.4, 0.5) is 0 Å². The van der Waals surface area contributed by atoms with Crippen LogP contribution in [-0.2, 0) is 4.74 Å². The number of hydrogen-bond acceptors (Lipinski definition) is 3. The molecule has 4 rings (SSSR count). The molecule has 2 N–H and O–H groups in total. The molecule has 4 atom stereocenters. The summed E-state index contributed by atoms with van der Waals surface area (Å²) in [7, 11) is 0. The number of rotatable bonds is 2. The minimum Gasteiger partial charge on any atom is -0.392 e. The summed E-state index contributed by atoms with van der Waals surface area (Å²) < 4.78 is 5.12. The molecule has 0 amide bonds. The minimum absolute atomic E-state index is 0.0321. The van der Waals surface area contributed by atoms with E-state index in [1.165, 1.54) is 44.9 Å². The van der Waals surface area contributed by atoms with Crippen LogP contribution in [0, 0.1) is 34.0 Å². The van der Waals surface area contributed by atoms with Crippen molar-refractivity contribution in [2.45, 2.75) is 91.8 Å². The van der Waals surface area contributed by atoms with Crippen molar-refractivity contribution in [2.75, 3.05) is 13.2 Å². The van der Waals surface area contributed by atoms with Crippen LogP contribution in [0.3, 0.4) is 0 Å². The Hall–Kier alpha value is -0.120. The van der Waals surface area contributed by atoms with E-state index < -0.39 is 0 Å². The Balaban J connectivity index is 0.000000150. The van der Waals surface area contributed by atoms with Gasteiger partial charge in [-0.25, -0.2) is 0 Å². The molecule has 0 bridgehead atoms. The summed E-state index contributed by atoms with van der Waals surface area (Å²) in [6.07, 6.45) is 8.92. The maximum Gasteiger partial charge on any atom is 0.0671 e. The lowest BCUT2D eigenvalue weighted by Crippen LogP contribution is -2.64. The second-order valence-corrected chi connectivity index (χ2v) is 10.6. The molecule has 2 spiro atoms. The molecule has 1 heterocycles. The van der Waals surface area contributed by atoms with Crippen molar-refractivity contribution in [2.24, 2.45) is 34.0 Å². The van der Waals surface area contributed by atoms with Crippen molar-refractivity contribution in [1.82, 2.24) is 0 Å². The van der Waals surface area contributed by atoms with Crippen LogP contribution in [0.1, 0.15) is 79.6 Å². The zero-order valence-electron chi connectivity index (χ0n) is 17.1. The predicted octanol–water partition coefficient (Wildman–Crippen LogP) is 4.40. The van der Waals surface area contributed by atoms with E-state index in [1.807, 2.05) is 0 Å². The molecule has 0 radical (unpaired) electrons. The van der Waals surface area contributed by atoms with Crippen molar-refractivity contribution < 1.29 is 14.9 Å². The molecule has 0 aromatic rings. The Labute approximate surface area is 154 Å². The second-order valence-electron chi connectivity index (χ2n) is 10.6. The molecule has 3 nitrogen and oxygen atoms in total. The molecule has 4 aliphatic rings. The Morgan fingerprint density at radius 1 is 0.920 bits per heavy atom. The van der Waals surface area contributed by atoms with Crippen LogP contribution >= 0.6 is 0 Å². The van der Waals surface area contributed by atoms with Gasteiger partial charge in [0.15, 0.2) is 0 Å². The van der Waals surface area contributed by atoms with Crippen molar-refractivity contribution in [3.05, 3.63) is 0 Å². The number of hydrogen-bond donors (Lipinski definition) is 2. The van der Waals surface area contributed by atoms with E-state index in [4.69, 9.17) is 4.74 Å². The van der Waals surface area contributed by atoms with Gasteiger partial charge in [0, 0.05) is 5.41 Å². The fourth-order valence-electron chi connectivity index (χ4n) is 5.99. The largest absolute Gasteiger partial charge is 0.392 e. The number of ether oxygens (including phenoxy) is 1. The molecule has 0 aromatic heterocycles. The van der Waals surface area contributed by atoms with Crippen molar-refractivity contribution in [3.63, 3.8) is 0 Å². The normalized spacial score (nSPS) is 40.9. The molecule has 4 unspecified atom stereocenters. The summed E-state index contributed by atoms with van der Waals surface area (Å²) in [6, 6.07) is 0. The minimum atomic E-state index is -0.0868. The highest BCUT2D eigenvalue weighted by molar-refractivity contribution is 5.10. The van der Waals surface area contributed by atoms with Gasteiger partial charge in [-0.1, -0.05) is 53.9 Å². The summed E-state index contributed by atoms with van der Waals surface area (Å²) in [6.45, 7) is 12.7. The molecule has 0 aromatic carbocycles. The third-order valence-electron chi connectivity index (χ3n) is 8.42. The SMILES string of the molecule is CC(C)C1(C)CC2(CCCCC2)C1O.CC(C)C1CC2(COC2)C1O. The summed E-state index contributed by atoms with van der Waals surface area (Å²) in [5.74, 6) is 1.76. The van der Waals surface area contributed by atoms with Crippen LogP contribution < -0.4 is 0 Å². The zero-order valence-corrected chi connectivity index (χ0v) is 17.1. The Morgan fingerprint density at radius 2 is 1.52 bits per heavy atom. The lowest BCUT2D eigenvalue weighted by atomic mass is 9.44. The molecule has 146 valence electrons. The molecule has 3 saturated carbocycles. The summed E-state index contributed by atoms with van der Waals surface area (Å²) in [5, 5.41) is 20.2. The van der Waals surface area contributed by atoms with E-state index >= 15 is 0 Å². The Morgan fingerprint density at radius 3 is 1.88 bits per heavy atom. The van der Waals surface area contributed by atoms with Gasteiger partial charge in [0.25, 0.3) is 0 Å². The van der Waals surface area contributed by atoms with E-state index in [2.05, 4.69) is 34.6 Å². The van der Waals surface area contributed by atoms with Gasteiger partial charge in [-0.15, -0.1) is 0 Å². The van der Waals surface area contributed by atoms with Crippen molar-refractivity contribution in [1.29, 1.82) is 0 Å². The van der Waals surface area contributed by atoms with Crippen molar-refractivity contribution in [3.8, 4) is 0 Å². The Bertz CT molecular complexity index is 462. The fourth-order valence-corrected chi connectivity index (χ4v) is 5.99. The van der Waals surface area contributed by atoms with Crippen LogP contribution in [0.25, 0.3) is 0 Å². The average Bonchev–Trinajstić information content (AvgIpc) is 2.52. The van der Waals surface area contributed by atoms with Crippen LogP contribution in [0.15, 0.2) is 0 Å². The summed E-state index contributed by atoms with van der Waals surface area (Å²) >= 11 is 0. The standard InChI is InChI=1S/C13H24O.C9H16O2/c1-10(2)12(3)9-13(11(12)14)7-5-4-6-8-13;1-6(2)7-3-9(8(7)10)4-11-5-9/h10-11,14H,4-9H2,1-3H3;6-8,10H,3-5H2,1-2H3. The molecule has 1 aliphatic heterocycles. The average molecular weight is 353 g/mol. The first-order chi connectivity index (χ1) is 11.7. The van der Waals surface area contributed by atoms with Crippen molar-refractivity contribution >= 4 is 0 Å². The van der Waals surface area contributed by atoms with E-state index in [1.54, 1.807) is 0 Å². The zero-order chi connectivity index (χ0) is 18.5. The lowest BCUT2D eigenvalue weighted by Gasteiger charge is -2.63. The van der Waals surface area contributed by atoms with E-state index in [9.17, 15) is 10.2 Å². The molecule has 1 saturated heterocycles. The first-order valence-corrected chi connectivity index (χ1v) is 10.6. The topological polar surface area (TPSA) is 49.7 Å². The molecule has 3 heteroatoms. The highest BCUT2D eigenvalue weighted by Crippen LogP contribution is 2.63. The quantitative estimate of drug-likeness (QED) is 0.774. The smallest absolute Gasteiger partial charge is 0.0671 e. The maximum atomic E-state index is 10.4. The fraction of sp³-hybridized carbons (Fsp3) is 1.00. The number of aliphatic hydroxyl groups excluding tert-OH is 2. The third kappa shape index (κ3) is 3.08. The van der Waals surface area contributed by atoms with Gasteiger partial charge in [-0.3, -0.25) is 0 Å². The third-order valence-corrected chi connectivity index (χ3v) is 8.42. The van der Waals surface area contributed by atoms with Gasteiger partial charge in [0.05, 0.1) is 25.4 Å². The molecule has 3 aliphatic carbocycles. The van der Waals surface area contributed by atoms with Gasteiger partial charge < -0.3 is 14.9 Å². The monoisotopic (exact) mass is 352 g/mol. The highest BCUT2D eigenvalue weighted by Gasteiger charge is 2.61. The summed E-state index contributed by atoms with van der Waals surface area (Å²) in [4.78, 5) is 0. The van der Waals surface area contributed by atoms with Gasteiger partial charge in [-0.2, -0.15) is 0 Å². The van der Waals surface area contributed by atoms with E-state index in [0.717, 1.165) is 13.2 Å². The van der Waals surface area contributed by atoms with Gasteiger partial charge in [-0.05, 0) is 54.3 Å². The molecule has 25 heavy (non-hydrogen) atoms. The molecular formula is C22H40O3. The molecular weight excluding hydrogens is 312 g/mol. The van der Waals surface area contributed by atoms with Crippen LogP contribution in [0.5, 0.6) is 0 Å². The molecule has 4 fully saturated rings. The van der Waals surface area contributed by atoms with E-state index in [0.29, 0.717) is 23.2 Å². The van der Waals surface area contributed by atoms with Gasteiger partial charge in [0.1, 0.15) is 0 Å². The Kier molecular flexibility index (Phi) is 5.34. The summed E-state index contributed by atoms with van der Waals surface area (Å²) in [5.41, 5.74) is 0.726. The van der Waals surface area contributed by atoms with Crippen LogP contribution in [0.2, 0.25) is 0 Å². The van der Waals surface area contributed by atoms with Crippen LogP contribution in [-0.4, -0.2) is 35.6 Å². The maximum absolute atomic E-state index is 10.4. The van der Waals surface area contributed by atoms with E-state index in [-0.39, 0.29) is 23.0 Å². The second kappa shape index (κ2) is 6.80. The van der Waals surface area contributed by atoms with Gasteiger partial charge >= 0.3 is 0 Å². The van der Waals surface area contributed by atoms with Gasteiger partial charge in [0.2, 0.25) is 0 Å². The first kappa shape index (κ1) is 19.6.